The maximum atomic E-state index is 12.1. The largest absolute Gasteiger partial charge is 0.425 e. The van der Waals surface area contributed by atoms with Crippen LogP contribution in [0.3, 0.4) is 0 Å². The van der Waals surface area contributed by atoms with Crippen molar-refractivity contribution in [1.29, 1.82) is 0 Å². The van der Waals surface area contributed by atoms with Gasteiger partial charge in [-0.25, -0.2) is 0 Å². The minimum atomic E-state index is -0.929. The van der Waals surface area contributed by atoms with Gasteiger partial charge in [0.15, 0.2) is 0 Å². The van der Waals surface area contributed by atoms with Crippen molar-refractivity contribution in [3.63, 3.8) is 0 Å². The molecule has 2 aromatic carbocycles. The van der Waals surface area contributed by atoms with Crippen LogP contribution in [-0.2, 0) is 13.0 Å². The summed E-state index contributed by atoms with van der Waals surface area (Å²) in [4.78, 5) is 23.9. The lowest BCUT2D eigenvalue weighted by molar-refractivity contribution is 0.185. The van der Waals surface area contributed by atoms with Crippen molar-refractivity contribution in [1.82, 2.24) is 9.30 Å². The molecule has 0 unspecified atom stereocenters. The Bertz CT molecular complexity index is 895. The van der Waals surface area contributed by atoms with Gasteiger partial charge in [0.05, 0.1) is 5.52 Å². The second-order valence-corrected chi connectivity index (χ2v) is 4.80. The van der Waals surface area contributed by atoms with Gasteiger partial charge in [0, 0.05) is 6.54 Å². The Morgan fingerprint density at radius 2 is 1.43 bits per heavy atom. The summed E-state index contributed by atoms with van der Waals surface area (Å²) in [5, 5.41) is 9.74. The van der Waals surface area contributed by atoms with Crippen LogP contribution in [0.15, 0.2) is 64.2 Å². The van der Waals surface area contributed by atoms with Crippen molar-refractivity contribution in [2.45, 2.75) is 13.0 Å². The highest BCUT2D eigenvalue weighted by atomic mass is 16.5. The van der Waals surface area contributed by atoms with E-state index in [-0.39, 0.29) is 0 Å². The van der Waals surface area contributed by atoms with E-state index in [9.17, 15) is 14.8 Å². The van der Waals surface area contributed by atoms with E-state index in [4.69, 9.17) is 0 Å². The Kier molecular flexibility index (Phi) is 3.31. The van der Waals surface area contributed by atoms with Crippen molar-refractivity contribution in [3.05, 3.63) is 80.9 Å². The first-order chi connectivity index (χ1) is 10.2. The summed E-state index contributed by atoms with van der Waals surface area (Å²) >= 11 is 0. The molecule has 0 bridgehead atoms. The zero-order valence-corrected chi connectivity index (χ0v) is 11.3. The summed E-state index contributed by atoms with van der Waals surface area (Å²) in [7, 11) is 0. The fourth-order valence-electron chi connectivity index (χ4n) is 2.40. The highest BCUT2D eigenvalue weighted by Crippen LogP contribution is 2.10. The molecular formula is C16H14N2O3. The molecule has 1 heterocycles. The molecule has 5 heteroatoms. The average Bonchev–Trinajstić information content (AvgIpc) is 2.54. The summed E-state index contributed by atoms with van der Waals surface area (Å²) in [6.45, 7) is 0.388. The van der Waals surface area contributed by atoms with Gasteiger partial charge in [-0.3, -0.25) is 9.59 Å². The zero-order chi connectivity index (χ0) is 14.8. The molecule has 0 spiro atoms. The first kappa shape index (κ1) is 13.2. The van der Waals surface area contributed by atoms with Crippen LogP contribution < -0.4 is 11.1 Å². The summed E-state index contributed by atoms with van der Waals surface area (Å²) in [6, 6.07) is 16.5. The van der Waals surface area contributed by atoms with E-state index in [1.54, 1.807) is 24.3 Å². The van der Waals surface area contributed by atoms with Gasteiger partial charge in [-0.15, -0.1) is 4.73 Å². The van der Waals surface area contributed by atoms with E-state index in [1.165, 1.54) is 4.57 Å². The lowest BCUT2D eigenvalue weighted by Gasteiger charge is -2.11. The normalized spacial score (nSPS) is 10.9. The second-order valence-electron chi connectivity index (χ2n) is 4.80. The summed E-state index contributed by atoms with van der Waals surface area (Å²) in [6.07, 6.45) is 0.639. The molecular weight excluding hydrogens is 268 g/mol. The number of nitrogens with zero attached hydrogens (tertiary/aromatic N) is 2. The Balaban J connectivity index is 2.10. The van der Waals surface area contributed by atoms with Gasteiger partial charge in [0.25, 0.3) is 0 Å². The third-order valence-corrected chi connectivity index (χ3v) is 3.49. The SMILES string of the molecule is O=c1c(=O)n(CCc2ccccc2)c2ccccc2n1O. The fourth-order valence-corrected chi connectivity index (χ4v) is 2.40. The molecule has 0 aliphatic rings. The molecule has 0 aliphatic heterocycles. The third kappa shape index (κ3) is 2.33. The molecule has 106 valence electrons. The molecule has 21 heavy (non-hydrogen) atoms. The van der Waals surface area contributed by atoms with Crippen LogP contribution in [-0.4, -0.2) is 14.5 Å². The van der Waals surface area contributed by atoms with Crippen LogP contribution in [0.2, 0.25) is 0 Å². The first-order valence-corrected chi connectivity index (χ1v) is 6.66. The molecule has 0 amide bonds. The number of aromatic nitrogens is 2. The molecule has 0 aliphatic carbocycles. The molecule has 1 N–H and O–H groups in total. The Labute approximate surface area is 120 Å². The standard InChI is InChI=1S/C16H14N2O3/c19-15-16(20)18(21)14-9-5-4-8-13(14)17(15)11-10-12-6-2-1-3-7-12/h1-9,21H,10-11H2. The van der Waals surface area contributed by atoms with E-state index in [0.717, 1.165) is 5.56 Å². The maximum Gasteiger partial charge on any atom is 0.349 e. The summed E-state index contributed by atoms with van der Waals surface area (Å²) in [5.41, 5.74) is 0.311. The molecule has 3 rings (SSSR count). The minimum Gasteiger partial charge on any atom is -0.425 e. The monoisotopic (exact) mass is 282 g/mol. The van der Waals surface area contributed by atoms with Crippen LogP contribution >= 0.6 is 0 Å². The van der Waals surface area contributed by atoms with Crippen LogP contribution in [0.25, 0.3) is 11.0 Å². The van der Waals surface area contributed by atoms with Crippen LogP contribution in [0, 0.1) is 0 Å². The lowest BCUT2D eigenvalue weighted by atomic mass is 10.1. The number of benzene rings is 2. The highest BCUT2D eigenvalue weighted by Gasteiger charge is 2.11. The quantitative estimate of drug-likeness (QED) is 0.587. The van der Waals surface area contributed by atoms with Crippen molar-refractivity contribution in [3.8, 4) is 0 Å². The van der Waals surface area contributed by atoms with Crippen LogP contribution in [0.5, 0.6) is 0 Å². The summed E-state index contributed by atoms with van der Waals surface area (Å²) < 4.78 is 1.83. The predicted molar refractivity (Wildman–Crippen MR) is 79.8 cm³/mol. The van der Waals surface area contributed by atoms with Crippen LogP contribution in [0.4, 0.5) is 0 Å². The van der Waals surface area contributed by atoms with E-state index in [0.29, 0.717) is 28.7 Å². The molecule has 1 aromatic heterocycles. The number of fused-ring (bicyclic) bond motifs is 1. The molecule has 5 nitrogen and oxygen atoms in total. The van der Waals surface area contributed by atoms with E-state index >= 15 is 0 Å². The Hall–Kier alpha value is -2.82. The van der Waals surface area contributed by atoms with Gasteiger partial charge in [0.2, 0.25) is 0 Å². The van der Waals surface area contributed by atoms with Crippen molar-refractivity contribution < 1.29 is 5.21 Å². The average molecular weight is 282 g/mol. The lowest BCUT2D eigenvalue weighted by Crippen LogP contribution is -2.41. The third-order valence-electron chi connectivity index (χ3n) is 3.49. The predicted octanol–water partition coefficient (Wildman–Crippen LogP) is 1.64. The number of aryl methyl sites for hydroxylation is 2. The van der Waals surface area contributed by atoms with E-state index in [1.807, 2.05) is 30.3 Å². The van der Waals surface area contributed by atoms with E-state index < -0.39 is 11.1 Å². The molecule has 0 saturated heterocycles. The fraction of sp³-hybridized carbons (Fsp3) is 0.125. The highest BCUT2D eigenvalue weighted by molar-refractivity contribution is 5.74. The topological polar surface area (TPSA) is 64.2 Å². The second kappa shape index (κ2) is 5.28. The zero-order valence-electron chi connectivity index (χ0n) is 11.3. The Morgan fingerprint density at radius 1 is 0.810 bits per heavy atom. The smallest absolute Gasteiger partial charge is 0.349 e. The minimum absolute atomic E-state index is 0.329. The van der Waals surface area contributed by atoms with Crippen molar-refractivity contribution in [2.24, 2.45) is 0 Å². The van der Waals surface area contributed by atoms with Crippen LogP contribution in [0.1, 0.15) is 5.56 Å². The van der Waals surface area contributed by atoms with E-state index in [2.05, 4.69) is 0 Å². The number of hydrogen-bond acceptors (Lipinski definition) is 3. The molecule has 0 atom stereocenters. The number of para-hydroxylation sites is 2. The van der Waals surface area contributed by atoms with Gasteiger partial charge < -0.3 is 9.77 Å². The maximum absolute atomic E-state index is 12.1. The van der Waals surface area contributed by atoms with Gasteiger partial charge >= 0.3 is 11.1 Å². The summed E-state index contributed by atoms with van der Waals surface area (Å²) in [5.74, 6) is 0. The van der Waals surface area contributed by atoms with Gasteiger partial charge in [0.1, 0.15) is 5.52 Å². The van der Waals surface area contributed by atoms with Crippen molar-refractivity contribution >= 4 is 11.0 Å². The van der Waals surface area contributed by atoms with Gasteiger partial charge in [-0.1, -0.05) is 42.5 Å². The first-order valence-electron chi connectivity index (χ1n) is 6.66. The molecule has 0 fully saturated rings. The van der Waals surface area contributed by atoms with Gasteiger partial charge in [-0.2, -0.15) is 0 Å². The molecule has 0 radical (unpaired) electrons. The van der Waals surface area contributed by atoms with Crippen molar-refractivity contribution in [2.75, 3.05) is 0 Å². The number of rotatable bonds is 3. The molecule has 3 aromatic rings. The molecule has 0 saturated carbocycles. The number of hydrogen-bond donors (Lipinski definition) is 1. The van der Waals surface area contributed by atoms with Gasteiger partial charge in [-0.05, 0) is 24.1 Å². The Morgan fingerprint density at radius 3 is 2.14 bits per heavy atom.